The molecule has 0 aliphatic carbocycles. The summed E-state index contributed by atoms with van der Waals surface area (Å²) < 4.78 is 0. The van der Waals surface area contributed by atoms with Gasteiger partial charge in [-0.15, -0.1) is 24.8 Å². The maximum atomic E-state index is 4.04. The Balaban J connectivity index is 0.00000112. The van der Waals surface area contributed by atoms with Crippen molar-refractivity contribution < 1.29 is 0 Å². The summed E-state index contributed by atoms with van der Waals surface area (Å²) >= 11 is 0. The highest BCUT2D eigenvalue weighted by Crippen LogP contribution is 2.18. The van der Waals surface area contributed by atoms with E-state index in [2.05, 4.69) is 27.3 Å². The van der Waals surface area contributed by atoms with E-state index in [4.69, 9.17) is 0 Å². The van der Waals surface area contributed by atoms with Crippen LogP contribution in [-0.2, 0) is 0 Å². The molecule has 1 atom stereocenters. The third-order valence-corrected chi connectivity index (χ3v) is 2.86. The first kappa shape index (κ1) is 15.5. The van der Waals surface area contributed by atoms with Gasteiger partial charge in [0.2, 0.25) is 0 Å². The average Bonchev–Trinajstić information content (AvgIpc) is 2.30. The van der Waals surface area contributed by atoms with Gasteiger partial charge in [0.05, 0.1) is 0 Å². The van der Waals surface area contributed by atoms with Gasteiger partial charge in [0.25, 0.3) is 0 Å². The molecule has 0 radical (unpaired) electrons. The molecule has 92 valence electrons. The largest absolute Gasteiger partial charge is 0.370 e. The van der Waals surface area contributed by atoms with E-state index in [1.54, 1.807) is 0 Å². The van der Waals surface area contributed by atoms with Gasteiger partial charge in [-0.05, 0) is 32.0 Å². The van der Waals surface area contributed by atoms with Crippen molar-refractivity contribution in [2.45, 2.75) is 18.9 Å². The highest BCUT2D eigenvalue weighted by Gasteiger charge is 2.18. The molecule has 1 aliphatic rings. The fraction of sp³-hybridized carbons (Fsp3) is 0.545. The SMILES string of the molecule is CNC1CCCN(c2ccncc2)C1.Cl.Cl. The van der Waals surface area contributed by atoms with Crippen molar-refractivity contribution in [3.8, 4) is 0 Å². The van der Waals surface area contributed by atoms with E-state index in [-0.39, 0.29) is 24.8 Å². The summed E-state index contributed by atoms with van der Waals surface area (Å²) in [4.78, 5) is 6.46. The van der Waals surface area contributed by atoms with Crippen molar-refractivity contribution in [2.75, 3.05) is 25.0 Å². The van der Waals surface area contributed by atoms with E-state index in [1.807, 2.05) is 19.4 Å². The first-order valence-corrected chi connectivity index (χ1v) is 5.22. The molecule has 0 bridgehead atoms. The molecule has 1 fully saturated rings. The number of likely N-dealkylation sites (N-methyl/N-ethyl adjacent to an activating group) is 1. The van der Waals surface area contributed by atoms with Crippen LogP contribution >= 0.6 is 24.8 Å². The monoisotopic (exact) mass is 263 g/mol. The van der Waals surface area contributed by atoms with Crippen molar-refractivity contribution in [1.29, 1.82) is 0 Å². The molecule has 0 amide bonds. The smallest absolute Gasteiger partial charge is 0.0397 e. The molecule has 1 aromatic heterocycles. The Labute approximate surface area is 109 Å². The number of rotatable bonds is 2. The van der Waals surface area contributed by atoms with Crippen LogP contribution in [0.1, 0.15) is 12.8 Å². The highest BCUT2D eigenvalue weighted by atomic mass is 35.5. The molecule has 0 spiro atoms. The van der Waals surface area contributed by atoms with E-state index >= 15 is 0 Å². The van der Waals surface area contributed by atoms with Crippen molar-refractivity contribution >= 4 is 30.5 Å². The summed E-state index contributed by atoms with van der Waals surface area (Å²) in [5, 5.41) is 3.35. The third-order valence-electron chi connectivity index (χ3n) is 2.86. The quantitative estimate of drug-likeness (QED) is 0.886. The van der Waals surface area contributed by atoms with Crippen LogP contribution in [0.5, 0.6) is 0 Å². The summed E-state index contributed by atoms with van der Waals surface area (Å²) in [5.74, 6) is 0. The molecule has 0 saturated carbocycles. The Kier molecular flexibility index (Phi) is 7.47. The van der Waals surface area contributed by atoms with Gasteiger partial charge in [0, 0.05) is 37.2 Å². The average molecular weight is 264 g/mol. The minimum absolute atomic E-state index is 0. The fourth-order valence-corrected chi connectivity index (χ4v) is 2.00. The number of halogens is 2. The molecule has 2 heterocycles. The van der Waals surface area contributed by atoms with Gasteiger partial charge in [-0.1, -0.05) is 0 Å². The summed E-state index contributed by atoms with van der Waals surface area (Å²) in [6.45, 7) is 2.28. The van der Waals surface area contributed by atoms with Crippen LogP contribution in [0.2, 0.25) is 0 Å². The zero-order chi connectivity index (χ0) is 9.80. The van der Waals surface area contributed by atoms with Crippen LogP contribution in [0.15, 0.2) is 24.5 Å². The third kappa shape index (κ3) is 3.81. The van der Waals surface area contributed by atoms with E-state index in [0.29, 0.717) is 6.04 Å². The molecule has 16 heavy (non-hydrogen) atoms. The van der Waals surface area contributed by atoms with Crippen LogP contribution in [0, 0.1) is 0 Å². The van der Waals surface area contributed by atoms with E-state index in [9.17, 15) is 0 Å². The molecule has 3 nitrogen and oxygen atoms in total. The molecule has 1 unspecified atom stereocenters. The summed E-state index contributed by atoms with van der Waals surface area (Å²) in [6, 6.07) is 4.80. The lowest BCUT2D eigenvalue weighted by Gasteiger charge is -2.34. The van der Waals surface area contributed by atoms with Crippen LogP contribution in [0.3, 0.4) is 0 Å². The van der Waals surface area contributed by atoms with Crippen LogP contribution in [-0.4, -0.2) is 31.2 Å². The number of anilines is 1. The zero-order valence-corrected chi connectivity index (χ0v) is 11.1. The normalized spacial score (nSPS) is 19.6. The lowest BCUT2D eigenvalue weighted by molar-refractivity contribution is 0.449. The van der Waals surface area contributed by atoms with Crippen molar-refractivity contribution in [1.82, 2.24) is 10.3 Å². The molecule has 1 saturated heterocycles. The van der Waals surface area contributed by atoms with E-state index < -0.39 is 0 Å². The summed E-state index contributed by atoms with van der Waals surface area (Å²) in [7, 11) is 2.04. The van der Waals surface area contributed by atoms with Gasteiger partial charge in [-0.2, -0.15) is 0 Å². The molecular weight excluding hydrogens is 245 g/mol. The van der Waals surface area contributed by atoms with Gasteiger partial charge in [0.15, 0.2) is 0 Å². The lowest BCUT2D eigenvalue weighted by atomic mass is 10.1. The van der Waals surface area contributed by atoms with Gasteiger partial charge >= 0.3 is 0 Å². The van der Waals surface area contributed by atoms with Crippen molar-refractivity contribution in [3.63, 3.8) is 0 Å². The number of piperidine rings is 1. The second-order valence-corrected chi connectivity index (χ2v) is 3.78. The lowest BCUT2D eigenvalue weighted by Crippen LogP contribution is -2.44. The van der Waals surface area contributed by atoms with Gasteiger partial charge in [-0.25, -0.2) is 0 Å². The topological polar surface area (TPSA) is 28.2 Å². The van der Waals surface area contributed by atoms with Crippen molar-refractivity contribution in [3.05, 3.63) is 24.5 Å². The fourth-order valence-electron chi connectivity index (χ4n) is 2.00. The Hall–Kier alpha value is -0.510. The Morgan fingerprint density at radius 2 is 2.00 bits per heavy atom. The number of aromatic nitrogens is 1. The molecule has 0 aromatic carbocycles. The zero-order valence-electron chi connectivity index (χ0n) is 9.43. The summed E-state index contributed by atoms with van der Waals surface area (Å²) in [6.07, 6.45) is 6.28. The number of nitrogens with zero attached hydrogens (tertiary/aromatic N) is 2. The Morgan fingerprint density at radius 1 is 1.31 bits per heavy atom. The second kappa shape index (κ2) is 7.71. The molecule has 1 aliphatic heterocycles. The molecular formula is C11H19Cl2N3. The predicted molar refractivity (Wildman–Crippen MR) is 73.0 cm³/mol. The molecule has 5 heteroatoms. The number of nitrogens with one attached hydrogen (secondary N) is 1. The molecule has 2 rings (SSSR count). The van der Waals surface area contributed by atoms with E-state index in [0.717, 1.165) is 6.54 Å². The minimum atomic E-state index is 0. The minimum Gasteiger partial charge on any atom is -0.370 e. The van der Waals surface area contributed by atoms with Gasteiger partial charge < -0.3 is 10.2 Å². The number of hydrogen-bond acceptors (Lipinski definition) is 3. The van der Waals surface area contributed by atoms with Gasteiger partial charge in [0.1, 0.15) is 0 Å². The number of hydrogen-bond donors (Lipinski definition) is 1. The van der Waals surface area contributed by atoms with Gasteiger partial charge in [-0.3, -0.25) is 4.98 Å². The van der Waals surface area contributed by atoms with E-state index in [1.165, 1.54) is 25.1 Å². The summed E-state index contributed by atoms with van der Waals surface area (Å²) in [5.41, 5.74) is 1.29. The van der Waals surface area contributed by atoms with Crippen LogP contribution in [0.25, 0.3) is 0 Å². The maximum absolute atomic E-state index is 4.04. The molecule has 1 N–H and O–H groups in total. The standard InChI is InChI=1S/C11H17N3.2ClH/c1-12-10-3-2-8-14(9-10)11-4-6-13-7-5-11;;/h4-7,10,12H,2-3,8-9H2,1H3;2*1H. The van der Waals surface area contributed by atoms with Crippen LogP contribution in [0.4, 0.5) is 5.69 Å². The maximum Gasteiger partial charge on any atom is 0.0397 e. The predicted octanol–water partition coefficient (Wildman–Crippen LogP) is 2.11. The first-order valence-electron chi connectivity index (χ1n) is 5.22. The van der Waals surface area contributed by atoms with Crippen molar-refractivity contribution in [2.24, 2.45) is 0 Å². The Morgan fingerprint density at radius 3 is 2.62 bits per heavy atom. The molecule has 1 aromatic rings. The first-order chi connectivity index (χ1) is 6.90. The number of pyridine rings is 1. The van der Waals surface area contributed by atoms with Crippen LogP contribution < -0.4 is 10.2 Å². The highest BCUT2D eigenvalue weighted by molar-refractivity contribution is 5.85. The second-order valence-electron chi connectivity index (χ2n) is 3.78. The Bertz CT molecular complexity index is 282.